The van der Waals surface area contributed by atoms with Crippen molar-refractivity contribution in [3.8, 4) is 0 Å². The second kappa shape index (κ2) is 8.37. The van der Waals surface area contributed by atoms with E-state index < -0.39 is 17.5 Å². The molecule has 0 saturated carbocycles. The fourth-order valence-electron chi connectivity index (χ4n) is 2.59. The summed E-state index contributed by atoms with van der Waals surface area (Å²) in [5.41, 5.74) is 1.09. The average Bonchev–Trinajstić information content (AvgIpc) is 2.57. The molecule has 2 aromatic rings. The largest absolute Gasteiger partial charge is 0.324 e. The van der Waals surface area contributed by atoms with Gasteiger partial charge in [0.15, 0.2) is 11.6 Å². The van der Waals surface area contributed by atoms with E-state index in [0.29, 0.717) is 0 Å². The zero-order chi connectivity index (χ0) is 18.4. The van der Waals surface area contributed by atoms with Gasteiger partial charge in [0.2, 0.25) is 11.8 Å². The predicted octanol–water partition coefficient (Wildman–Crippen LogP) is 4.45. The van der Waals surface area contributed by atoms with E-state index in [1.807, 2.05) is 37.3 Å². The number of amides is 2. The van der Waals surface area contributed by atoms with E-state index in [-0.39, 0.29) is 29.6 Å². The number of carbonyl (C=O) groups is 2. The highest BCUT2D eigenvalue weighted by atomic mass is 19.2. The van der Waals surface area contributed by atoms with E-state index >= 15 is 0 Å². The molecule has 0 aliphatic heterocycles. The van der Waals surface area contributed by atoms with Crippen LogP contribution in [0.25, 0.3) is 0 Å². The van der Waals surface area contributed by atoms with E-state index in [0.717, 1.165) is 24.1 Å². The van der Waals surface area contributed by atoms with Gasteiger partial charge < -0.3 is 10.6 Å². The average molecular weight is 346 g/mol. The van der Waals surface area contributed by atoms with Crippen LogP contribution in [0, 0.1) is 11.6 Å². The van der Waals surface area contributed by atoms with E-state index in [1.165, 1.54) is 6.92 Å². The lowest BCUT2D eigenvalue weighted by atomic mass is 9.93. The van der Waals surface area contributed by atoms with Crippen LogP contribution < -0.4 is 10.6 Å². The van der Waals surface area contributed by atoms with E-state index in [9.17, 15) is 18.4 Å². The molecular formula is C19H20F2N2O2. The molecule has 0 aromatic heterocycles. The highest BCUT2D eigenvalue weighted by Crippen LogP contribution is 2.27. The first-order valence-corrected chi connectivity index (χ1v) is 8.02. The molecule has 0 spiro atoms. The Bertz CT molecular complexity index is 764. The monoisotopic (exact) mass is 346 g/mol. The van der Waals surface area contributed by atoms with Crippen molar-refractivity contribution in [3.05, 3.63) is 59.7 Å². The summed E-state index contributed by atoms with van der Waals surface area (Å²) in [5, 5.41) is 4.94. The number of benzene rings is 2. The van der Waals surface area contributed by atoms with Gasteiger partial charge in [-0.3, -0.25) is 9.59 Å². The molecule has 4 nitrogen and oxygen atoms in total. The molecule has 6 heteroatoms. The molecule has 0 aliphatic carbocycles. The Balaban J connectivity index is 2.16. The lowest BCUT2D eigenvalue weighted by Crippen LogP contribution is -2.18. The van der Waals surface area contributed by atoms with Gasteiger partial charge in [0.1, 0.15) is 0 Å². The molecule has 2 aromatic carbocycles. The van der Waals surface area contributed by atoms with E-state index in [4.69, 9.17) is 0 Å². The molecule has 25 heavy (non-hydrogen) atoms. The van der Waals surface area contributed by atoms with E-state index in [2.05, 4.69) is 10.6 Å². The summed E-state index contributed by atoms with van der Waals surface area (Å²) >= 11 is 0. The maximum Gasteiger partial charge on any atom is 0.225 e. The SMILES string of the molecule is CCC(CC(=O)Nc1cc(F)c(F)cc1NC(C)=O)c1ccccc1. The molecule has 0 saturated heterocycles. The van der Waals surface area contributed by atoms with Crippen molar-refractivity contribution >= 4 is 23.2 Å². The van der Waals surface area contributed by atoms with Gasteiger partial charge in [-0.15, -0.1) is 0 Å². The zero-order valence-corrected chi connectivity index (χ0v) is 14.1. The normalized spacial score (nSPS) is 11.7. The van der Waals surface area contributed by atoms with Crippen molar-refractivity contribution in [2.45, 2.75) is 32.6 Å². The third-order valence-electron chi connectivity index (χ3n) is 3.84. The number of hydrogen-bond acceptors (Lipinski definition) is 2. The van der Waals surface area contributed by atoms with Gasteiger partial charge in [0.25, 0.3) is 0 Å². The zero-order valence-electron chi connectivity index (χ0n) is 14.1. The van der Waals surface area contributed by atoms with Gasteiger partial charge in [0, 0.05) is 25.5 Å². The second-order valence-corrected chi connectivity index (χ2v) is 5.76. The third-order valence-corrected chi connectivity index (χ3v) is 3.84. The lowest BCUT2D eigenvalue weighted by molar-refractivity contribution is -0.117. The summed E-state index contributed by atoms with van der Waals surface area (Å²) in [7, 11) is 0. The number of carbonyl (C=O) groups excluding carboxylic acids is 2. The van der Waals surface area contributed by atoms with Crippen LogP contribution in [-0.2, 0) is 9.59 Å². The van der Waals surface area contributed by atoms with Crippen molar-refractivity contribution in [2.24, 2.45) is 0 Å². The number of halogens is 2. The Morgan fingerprint density at radius 1 is 1.00 bits per heavy atom. The predicted molar refractivity (Wildman–Crippen MR) is 93.4 cm³/mol. The van der Waals surface area contributed by atoms with Gasteiger partial charge in [-0.1, -0.05) is 37.3 Å². The second-order valence-electron chi connectivity index (χ2n) is 5.76. The Morgan fingerprint density at radius 2 is 1.56 bits per heavy atom. The maximum atomic E-state index is 13.5. The summed E-state index contributed by atoms with van der Waals surface area (Å²) in [6, 6.07) is 11.3. The number of nitrogens with one attached hydrogen (secondary N) is 2. The topological polar surface area (TPSA) is 58.2 Å². The van der Waals surface area contributed by atoms with Crippen molar-refractivity contribution in [1.29, 1.82) is 0 Å². The van der Waals surface area contributed by atoms with Gasteiger partial charge in [-0.05, 0) is 17.9 Å². The van der Waals surface area contributed by atoms with Crippen LogP contribution >= 0.6 is 0 Å². The number of hydrogen-bond donors (Lipinski definition) is 2. The summed E-state index contributed by atoms with van der Waals surface area (Å²) in [5.74, 6) is -2.97. The van der Waals surface area contributed by atoms with Gasteiger partial charge in [-0.2, -0.15) is 0 Å². The smallest absolute Gasteiger partial charge is 0.225 e. The Hall–Kier alpha value is -2.76. The molecule has 0 aliphatic rings. The molecular weight excluding hydrogens is 326 g/mol. The van der Waals surface area contributed by atoms with Crippen LogP contribution in [0.3, 0.4) is 0 Å². The minimum Gasteiger partial charge on any atom is -0.324 e. The molecule has 1 atom stereocenters. The maximum absolute atomic E-state index is 13.5. The molecule has 132 valence electrons. The van der Waals surface area contributed by atoms with Crippen molar-refractivity contribution in [1.82, 2.24) is 0 Å². The number of rotatable bonds is 6. The third kappa shape index (κ3) is 5.11. The van der Waals surface area contributed by atoms with Crippen LogP contribution in [0.1, 0.15) is 38.2 Å². The molecule has 0 bridgehead atoms. The highest BCUT2D eigenvalue weighted by Gasteiger charge is 2.17. The Kier molecular flexibility index (Phi) is 6.22. The molecule has 2 rings (SSSR count). The summed E-state index contributed by atoms with van der Waals surface area (Å²) in [4.78, 5) is 23.6. The molecule has 1 unspecified atom stereocenters. The first-order chi connectivity index (χ1) is 11.9. The van der Waals surface area contributed by atoms with Crippen LogP contribution in [0.2, 0.25) is 0 Å². The Morgan fingerprint density at radius 3 is 2.08 bits per heavy atom. The minimum atomic E-state index is -1.10. The first-order valence-electron chi connectivity index (χ1n) is 8.02. The van der Waals surface area contributed by atoms with Crippen molar-refractivity contribution < 1.29 is 18.4 Å². The summed E-state index contributed by atoms with van der Waals surface area (Å²) in [6.45, 7) is 3.22. The minimum absolute atomic E-state index is 0.00992. The van der Waals surface area contributed by atoms with Crippen molar-refractivity contribution in [3.63, 3.8) is 0 Å². The van der Waals surface area contributed by atoms with E-state index in [1.54, 1.807) is 0 Å². The fraction of sp³-hybridized carbons (Fsp3) is 0.263. The summed E-state index contributed by atoms with van der Waals surface area (Å²) in [6.07, 6.45) is 0.951. The summed E-state index contributed by atoms with van der Waals surface area (Å²) < 4.78 is 26.9. The highest BCUT2D eigenvalue weighted by molar-refractivity contribution is 5.99. The molecule has 2 N–H and O–H groups in total. The van der Waals surface area contributed by atoms with Crippen LogP contribution in [-0.4, -0.2) is 11.8 Å². The van der Waals surface area contributed by atoms with Gasteiger partial charge in [-0.25, -0.2) is 8.78 Å². The molecule has 0 fully saturated rings. The Labute approximate surface area is 145 Å². The van der Waals surface area contributed by atoms with Gasteiger partial charge in [0.05, 0.1) is 11.4 Å². The number of anilines is 2. The molecule has 2 amide bonds. The molecule has 0 heterocycles. The first kappa shape index (κ1) is 18.6. The quantitative estimate of drug-likeness (QED) is 0.812. The van der Waals surface area contributed by atoms with Crippen molar-refractivity contribution in [2.75, 3.05) is 10.6 Å². The van der Waals surface area contributed by atoms with Crippen LogP contribution in [0.5, 0.6) is 0 Å². The fourth-order valence-corrected chi connectivity index (χ4v) is 2.59. The standard InChI is InChI=1S/C19H20F2N2O2/c1-3-13(14-7-5-4-6-8-14)9-19(25)23-18-11-16(21)15(20)10-17(18)22-12(2)24/h4-8,10-11,13H,3,9H2,1-2H3,(H,22,24)(H,23,25). The van der Waals surface area contributed by atoms with Crippen LogP contribution in [0.4, 0.5) is 20.2 Å². The van der Waals surface area contributed by atoms with Crippen LogP contribution in [0.15, 0.2) is 42.5 Å². The van der Waals surface area contributed by atoms with Gasteiger partial charge >= 0.3 is 0 Å². The molecule has 0 radical (unpaired) electrons. The lowest BCUT2D eigenvalue weighted by Gasteiger charge is -2.17.